The van der Waals surface area contributed by atoms with Gasteiger partial charge in [0.2, 0.25) is 0 Å². The molecule has 4 nitrogen and oxygen atoms in total. The summed E-state index contributed by atoms with van der Waals surface area (Å²) in [4.78, 5) is 4.78. The lowest BCUT2D eigenvalue weighted by Gasteiger charge is -2.16. The Hall–Kier alpha value is -2.01. The summed E-state index contributed by atoms with van der Waals surface area (Å²) >= 11 is 1.26. The minimum Gasteiger partial charge on any atom is -0.365 e. The maximum Gasteiger partial charge on any atom is 0.121 e. The molecule has 1 aromatic heterocycles. The summed E-state index contributed by atoms with van der Waals surface area (Å²) in [5, 5.41) is 3.47. The Morgan fingerprint density at radius 1 is 1.16 bits per heavy atom. The first-order valence-corrected chi connectivity index (χ1v) is 7.01. The Balaban J connectivity index is 1.62. The summed E-state index contributed by atoms with van der Waals surface area (Å²) in [5.41, 5.74) is 3.25. The number of aromatic nitrogens is 2. The van der Waals surface area contributed by atoms with Gasteiger partial charge in [-0.1, -0.05) is 36.4 Å². The second-order valence-corrected chi connectivity index (χ2v) is 5.28. The van der Waals surface area contributed by atoms with Crippen LogP contribution in [0.1, 0.15) is 23.0 Å². The van der Waals surface area contributed by atoms with Crippen molar-refractivity contribution in [1.29, 1.82) is 0 Å². The van der Waals surface area contributed by atoms with Gasteiger partial charge < -0.3 is 5.32 Å². The van der Waals surface area contributed by atoms with Crippen LogP contribution in [0.4, 0.5) is 0 Å². The predicted molar refractivity (Wildman–Crippen MR) is 76.2 cm³/mol. The van der Waals surface area contributed by atoms with Crippen LogP contribution in [0.15, 0.2) is 41.4 Å². The van der Waals surface area contributed by atoms with Crippen molar-refractivity contribution in [3.63, 3.8) is 0 Å². The fourth-order valence-corrected chi connectivity index (χ4v) is 3.12. The fourth-order valence-electron chi connectivity index (χ4n) is 2.55. The molecule has 2 heterocycles. The smallest absolute Gasteiger partial charge is 0.121 e. The van der Waals surface area contributed by atoms with Crippen LogP contribution >= 0.6 is 11.7 Å². The van der Waals surface area contributed by atoms with Crippen LogP contribution in [0.3, 0.4) is 0 Å². The number of benzene rings is 1. The molecule has 0 radical (unpaired) electrons. The zero-order valence-electron chi connectivity index (χ0n) is 10.2. The highest BCUT2D eigenvalue weighted by Gasteiger charge is 2.34. The molecular weight excluding hydrogens is 256 g/mol. The Bertz CT molecular complexity index is 659. The van der Waals surface area contributed by atoms with Crippen LogP contribution in [-0.4, -0.2) is 20.6 Å². The Morgan fingerprint density at radius 2 is 2.05 bits per heavy atom. The Labute approximate surface area is 115 Å². The largest absolute Gasteiger partial charge is 0.365 e. The molecule has 2 aromatic rings. The highest BCUT2D eigenvalue weighted by Crippen LogP contribution is 2.32. The van der Waals surface area contributed by atoms with E-state index in [9.17, 15) is 0 Å². The SMILES string of the molecule is C1=C[C@H]2NC(Cc3ccccc3)=N[C@@H]2c2nsnc21. The zero-order chi connectivity index (χ0) is 12.7. The molecule has 1 aliphatic heterocycles. The van der Waals surface area contributed by atoms with E-state index in [1.54, 1.807) is 0 Å². The van der Waals surface area contributed by atoms with Crippen molar-refractivity contribution in [3.8, 4) is 0 Å². The van der Waals surface area contributed by atoms with E-state index in [0.29, 0.717) is 0 Å². The monoisotopic (exact) mass is 268 g/mol. The number of amidine groups is 1. The normalized spacial score (nSPS) is 23.5. The number of nitrogens with zero attached hydrogens (tertiary/aromatic N) is 3. The lowest BCUT2D eigenvalue weighted by atomic mass is 9.99. The molecule has 1 N–H and O–H groups in total. The van der Waals surface area contributed by atoms with Crippen molar-refractivity contribution in [3.05, 3.63) is 53.4 Å². The van der Waals surface area contributed by atoms with Crippen LogP contribution < -0.4 is 5.32 Å². The van der Waals surface area contributed by atoms with Crippen molar-refractivity contribution in [1.82, 2.24) is 14.1 Å². The van der Waals surface area contributed by atoms with Crippen LogP contribution in [0.25, 0.3) is 6.08 Å². The van der Waals surface area contributed by atoms with Gasteiger partial charge in [0.1, 0.15) is 23.3 Å². The summed E-state index contributed by atoms with van der Waals surface area (Å²) in [6, 6.07) is 10.7. The summed E-state index contributed by atoms with van der Waals surface area (Å²) < 4.78 is 8.65. The van der Waals surface area contributed by atoms with E-state index in [1.165, 1.54) is 17.3 Å². The van der Waals surface area contributed by atoms with E-state index >= 15 is 0 Å². The lowest BCUT2D eigenvalue weighted by molar-refractivity contribution is 0.620. The van der Waals surface area contributed by atoms with Gasteiger partial charge in [-0.05, 0) is 11.6 Å². The molecule has 1 aromatic carbocycles. The quantitative estimate of drug-likeness (QED) is 0.908. The molecule has 0 unspecified atom stereocenters. The van der Waals surface area contributed by atoms with Gasteiger partial charge in [-0.2, -0.15) is 8.75 Å². The van der Waals surface area contributed by atoms with Gasteiger partial charge in [-0.25, -0.2) is 0 Å². The topological polar surface area (TPSA) is 50.2 Å². The standard InChI is InChI=1S/C14H12N4S/c1-2-4-9(5-3-1)8-12-15-10-6-7-11-14(13(10)16-12)18-19-17-11/h1-7,10,13H,8H2,(H,15,16)/t10-,13+/m1/s1. The highest BCUT2D eigenvalue weighted by atomic mass is 32.1. The minimum atomic E-state index is 0.0949. The summed E-state index contributed by atoms with van der Waals surface area (Å²) in [5.74, 6) is 1.03. The number of hydrogen-bond acceptors (Lipinski definition) is 5. The lowest BCUT2D eigenvalue weighted by Crippen LogP contribution is -2.32. The molecule has 4 rings (SSSR count). The molecular formula is C14H12N4S. The van der Waals surface area contributed by atoms with E-state index in [2.05, 4.69) is 44.4 Å². The van der Waals surface area contributed by atoms with E-state index in [0.717, 1.165) is 23.6 Å². The molecule has 0 spiro atoms. The highest BCUT2D eigenvalue weighted by molar-refractivity contribution is 6.99. The van der Waals surface area contributed by atoms with Crippen LogP contribution in [0.2, 0.25) is 0 Å². The molecule has 19 heavy (non-hydrogen) atoms. The third-order valence-corrected chi connectivity index (χ3v) is 4.02. The Morgan fingerprint density at radius 3 is 2.95 bits per heavy atom. The Kier molecular flexibility index (Phi) is 2.45. The number of nitrogens with one attached hydrogen (secondary N) is 1. The van der Waals surface area contributed by atoms with Gasteiger partial charge in [0.25, 0.3) is 0 Å². The van der Waals surface area contributed by atoms with Gasteiger partial charge >= 0.3 is 0 Å². The van der Waals surface area contributed by atoms with Gasteiger partial charge in [0.05, 0.1) is 17.8 Å². The first kappa shape index (κ1) is 10.9. The van der Waals surface area contributed by atoms with E-state index in [-0.39, 0.29) is 12.1 Å². The van der Waals surface area contributed by atoms with Gasteiger partial charge in [-0.3, -0.25) is 4.99 Å². The predicted octanol–water partition coefficient (Wildman–Crippen LogP) is 2.22. The third kappa shape index (κ3) is 1.86. The maximum absolute atomic E-state index is 4.78. The first-order valence-electron chi connectivity index (χ1n) is 6.28. The number of hydrogen-bond donors (Lipinski definition) is 1. The molecule has 0 saturated carbocycles. The number of aliphatic imine (C=N–C) groups is 1. The van der Waals surface area contributed by atoms with Crippen molar-refractivity contribution in [2.24, 2.45) is 4.99 Å². The molecule has 0 fully saturated rings. The molecule has 0 amide bonds. The first-order chi connectivity index (χ1) is 9.40. The average molecular weight is 268 g/mol. The van der Waals surface area contributed by atoms with Crippen molar-refractivity contribution in [2.45, 2.75) is 18.5 Å². The maximum atomic E-state index is 4.78. The number of fused-ring (bicyclic) bond motifs is 3. The van der Waals surface area contributed by atoms with Crippen LogP contribution in [0.5, 0.6) is 0 Å². The van der Waals surface area contributed by atoms with Crippen molar-refractivity contribution >= 4 is 23.6 Å². The van der Waals surface area contributed by atoms with Gasteiger partial charge in [-0.15, -0.1) is 0 Å². The van der Waals surface area contributed by atoms with E-state index in [4.69, 9.17) is 4.99 Å². The third-order valence-electron chi connectivity index (χ3n) is 3.47. The molecule has 0 saturated heterocycles. The van der Waals surface area contributed by atoms with Crippen LogP contribution in [-0.2, 0) is 6.42 Å². The molecule has 2 aliphatic rings. The molecule has 5 heteroatoms. The minimum absolute atomic E-state index is 0.0949. The fraction of sp³-hybridized carbons (Fsp3) is 0.214. The van der Waals surface area contributed by atoms with Gasteiger partial charge in [0, 0.05) is 6.42 Å². The number of rotatable bonds is 2. The second kappa shape index (κ2) is 4.28. The van der Waals surface area contributed by atoms with Crippen molar-refractivity contribution < 1.29 is 0 Å². The molecule has 0 bridgehead atoms. The molecule has 1 aliphatic carbocycles. The van der Waals surface area contributed by atoms with E-state index < -0.39 is 0 Å². The van der Waals surface area contributed by atoms with Crippen molar-refractivity contribution in [2.75, 3.05) is 0 Å². The molecule has 94 valence electrons. The zero-order valence-corrected chi connectivity index (χ0v) is 11.0. The summed E-state index contributed by atoms with van der Waals surface area (Å²) in [6.45, 7) is 0. The summed E-state index contributed by atoms with van der Waals surface area (Å²) in [6.07, 6.45) is 5.01. The average Bonchev–Trinajstić information content (AvgIpc) is 3.04. The van der Waals surface area contributed by atoms with Crippen LogP contribution in [0, 0.1) is 0 Å². The summed E-state index contributed by atoms with van der Waals surface area (Å²) in [7, 11) is 0. The van der Waals surface area contributed by atoms with Gasteiger partial charge in [0.15, 0.2) is 0 Å². The second-order valence-electron chi connectivity index (χ2n) is 4.75. The van der Waals surface area contributed by atoms with E-state index in [1.807, 2.05) is 12.1 Å². The molecule has 2 atom stereocenters.